The molecule has 2 aromatic rings. The van der Waals surface area contributed by atoms with E-state index in [1.807, 2.05) is 6.92 Å². The third-order valence-corrected chi connectivity index (χ3v) is 4.03. The van der Waals surface area contributed by atoms with Gasteiger partial charge in [-0.1, -0.05) is 0 Å². The third kappa shape index (κ3) is 2.59. The summed E-state index contributed by atoms with van der Waals surface area (Å²) in [6.45, 7) is 1.84. The molecular weight excluding hydrogens is 317 g/mol. The Balaban J connectivity index is 1.96. The molecule has 1 fully saturated rings. The highest BCUT2D eigenvalue weighted by Gasteiger charge is 2.54. The Labute approximate surface area is 128 Å². The summed E-state index contributed by atoms with van der Waals surface area (Å²) in [5, 5.41) is 29.9. The Bertz CT molecular complexity index is 718. The third-order valence-electron chi connectivity index (χ3n) is 4.03. The quantitative estimate of drug-likeness (QED) is 0.760. The first-order chi connectivity index (χ1) is 10.7. The second kappa shape index (κ2) is 5.45. The molecular formula is C14H15F3N2O4. The fraction of sp³-hybridized carbons (Fsp3) is 0.500. The van der Waals surface area contributed by atoms with Crippen molar-refractivity contribution in [2.75, 3.05) is 0 Å². The van der Waals surface area contributed by atoms with Crippen LogP contribution in [0.15, 0.2) is 24.5 Å². The van der Waals surface area contributed by atoms with Crippen LogP contribution in [0.1, 0.15) is 11.8 Å². The first kappa shape index (κ1) is 16.2. The topological polar surface area (TPSA) is 87.7 Å². The lowest BCUT2D eigenvalue weighted by Crippen LogP contribution is -2.46. The SMILES string of the molecule is Cc1ccnc2c1ccn2[C@@H]1O[C@H]([C@@H](O)C(F)(F)F)[C@@H](O)[C@H]1O. The fourth-order valence-electron chi connectivity index (χ4n) is 2.76. The van der Waals surface area contributed by atoms with E-state index in [2.05, 4.69) is 4.98 Å². The van der Waals surface area contributed by atoms with E-state index in [1.54, 1.807) is 12.1 Å². The monoisotopic (exact) mass is 332 g/mol. The summed E-state index contributed by atoms with van der Waals surface area (Å²) in [5.41, 5.74) is 1.30. The normalized spacial score (nSPS) is 30.0. The minimum absolute atomic E-state index is 0.406. The molecule has 0 radical (unpaired) electrons. The van der Waals surface area contributed by atoms with Gasteiger partial charge in [0.15, 0.2) is 12.3 Å². The summed E-state index contributed by atoms with van der Waals surface area (Å²) in [7, 11) is 0. The zero-order valence-electron chi connectivity index (χ0n) is 12.0. The predicted octanol–water partition coefficient (Wildman–Crippen LogP) is 0.887. The van der Waals surface area contributed by atoms with Crippen LogP contribution in [0.2, 0.25) is 0 Å². The number of pyridine rings is 1. The highest BCUT2D eigenvalue weighted by atomic mass is 19.4. The van der Waals surface area contributed by atoms with Gasteiger partial charge in [-0.15, -0.1) is 0 Å². The van der Waals surface area contributed by atoms with Gasteiger partial charge in [-0.2, -0.15) is 13.2 Å². The number of aromatic nitrogens is 2. The van der Waals surface area contributed by atoms with Crippen molar-refractivity contribution in [2.24, 2.45) is 0 Å². The molecule has 0 aliphatic carbocycles. The molecule has 0 spiro atoms. The summed E-state index contributed by atoms with van der Waals surface area (Å²) in [6.07, 6.45) is -11.6. The lowest BCUT2D eigenvalue weighted by atomic mass is 10.1. The van der Waals surface area contributed by atoms with E-state index in [4.69, 9.17) is 4.74 Å². The van der Waals surface area contributed by atoms with Crippen molar-refractivity contribution in [3.63, 3.8) is 0 Å². The van der Waals surface area contributed by atoms with Crippen molar-refractivity contribution in [2.45, 2.75) is 43.7 Å². The van der Waals surface area contributed by atoms with Gasteiger partial charge in [0.25, 0.3) is 0 Å². The summed E-state index contributed by atoms with van der Waals surface area (Å²) in [4.78, 5) is 4.13. The Morgan fingerprint density at radius 3 is 2.61 bits per heavy atom. The number of halogens is 3. The van der Waals surface area contributed by atoms with Crippen LogP contribution in [0.3, 0.4) is 0 Å². The number of aryl methyl sites for hydroxylation is 1. The number of rotatable bonds is 2. The van der Waals surface area contributed by atoms with Gasteiger partial charge >= 0.3 is 6.18 Å². The molecule has 126 valence electrons. The van der Waals surface area contributed by atoms with E-state index < -0.39 is 36.8 Å². The molecule has 0 bridgehead atoms. The number of hydrogen-bond donors (Lipinski definition) is 3. The van der Waals surface area contributed by atoms with E-state index >= 15 is 0 Å². The molecule has 1 aliphatic rings. The van der Waals surface area contributed by atoms with Gasteiger partial charge in [0.2, 0.25) is 0 Å². The maximum atomic E-state index is 12.6. The summed E-state index contributed by atoms with van der Waals surface area (Å²) >= 11 is 0. The van der Waals surface area contributed by atoms with Crippen molar-refractivity contribution in [1.29, 1.82) is 0 Å². The Morgan fingerprint density at radius 2 is 1.96 bits per heavy atom. The lowest BCUT2D eigenvalue weighted by molar-refractivity contribution is -0.244. The highest BCUT2D eigenvalue weighted by molar-refractivity contribution is 5.79. The van der Waals surface area contributed by atoms with Gasteiger partial charge in [0.1, 0.15) is 24.0 Å². The van der Waals surface area contributed by atoms with E-state index in [9.17, 15) is 28.5 Å². The zero-order valence-corrected chi connectivity index (χ0v) is 12.0. The molecule has 3 N–H and O–H groups in total. The first-order valence-electron chi connectivity index (χ1n) is 6.90. The molecule has 0 unspecified atom stereocenters. The average Bonchev–Trinajstić information content (AvgIpc) is 3.02. The van der Waals surface area contributed by atoms with E-state index in [1.165, 1.54) is 17.0 Å². The maximum absolute atomic E-state index is 12.6. The summed E-state index contributed by atoms with van der Waals surface area (Å²) in [5.74, 6) is 0. The van der Waals surface area contributed by atoms with Crippen molar-refractivity contribution in [1.82, 2.24) is 9.55 Å². The van der Waals surface area contributed by atoms with Gasteiger partial charge in [0, 0.05) is 17.8 Å². The molecule has 1 saturated heterocycles. The molecule has 0 amide bonds. The number of hydrogen-bond acceptors (Lipinski definition) is 5. The second-order valence-electron chi connectivity index (χ2n) is 5.55. The van der Waals surface area contributed by atoms with Crippen LogP contribution in [0.5, 0.6) is 0 Å². The number of aliphatic hydroxyl groups is 3. The minimum Gasteiger partial charge on any atom is -0.387 e. The molecule has 2 aromatic heterocycles. The lowest BCUT2D eigenvalue weighted by Gasteiger charge is -2.23. The predicted molar refractivity (Wildman–Crippen MR) is 72.5 cm³/mol. The van der Waals surface area contributed by atoms with Gasteiger partial charge in [-0.3, -0.25) is 0 Å². The van der Waals surface area contributed by atoms with Crippen molar-refractivity contribution < 1.29 is 33.2 Å². The van der Waals surface area contributed by atoms with Gasteiger partial charge < -0.3 is 24.6 Å². The van der Waals surface area contributed by atoms with Crippen LogP contribution in [0, 0.1) is 6.92 Å². The average molecular weight is 332 g/mol. The minimum atomic E-state index is -4.96. The Hall–Kier alpha value is -1.68. The molecule has 23 heavy (non-hydrogen) atoms. The largest absolute Gasteiger partial charge is 0.417 e. The van der Waals surface area contributed by atoms with Crippen LogP contribution >= 0.6 is 0 Å². The van der Waals surface area contributed by atoms with Crippen molar-refractivity contribution in [3.05, 3.63) is 30.1 Å². The van der Waals surface area contributed by atoms with Gasteiger partial charge in [0.05, 0.1) is 0 Å². The molecule has 6 nitrogen and oxygen atoms in total. The van der Waals surface area contributed by atoms with Crippen molar-refractivity contribution in [3.8, 4) is 0 Å². The Kier molecular flexibility index (Phi) is 3.83. The zero-order chi connectivity index (χ0) is 16.9. The van der Waals surface area contributed by atoms with E-state index in [-0.39, 0.29) is 0 Å². The van der Waals surface area contributed by atoms with Crippen LogP contribution in [-0.2, 0) is 4.74 Å². The smallest absolute Gasteiger partial charge is 0.387 e. The Morgan fingerprint density at radius 1 is 1.26 bits per heavy atom. The first-order valence-corrected chi connectivity index (χ1v) is 6.90. The molecule has 1 aliphatic heterocycles. The molecule has 0 aromatic carbocycles. The molecule has 3 heterocycles. The van der Waals surface area contributed by atoms with Gasteiger partial charge in [-0.25, -0.2) is 4.98 Å². The molecule has 3 rings (SSSR count). The number of fused-ring (bicyclic) bond motifs is 1. The fourth-order valence-corrected chi connectivity index (χ4v) is 2.76. The molecule has 5 atom stereocenters. The molecule has 9 heteroatoms. The van der Waals surface area contributed by atoms with Crippen molar-refractivity contribution >= 4 is 11.0 Å². The summed E-state index contributed by atoms with van der Waals surface area (Å²) in [6, 6.07) is 3.46. The highest BCUT2D eigenvalue weighted by Crippen LogP contribution is 2.37. The van der Waals surface area contributed by atoms with Gasteiger partial charge in [-0.05, 0) is 24.6 Å². The number of ether oxygens (including phenoxy) is 1. The number of aliphatic hydroxyl groups excluding tert-OH is 3. The standard InChI is InChI=1S/C14H15F3N2O4/c1-6-2-4-18-12-7(6)3-5-19(12)13-9(21)8(20)10(23-13)11(22)14(15,16)17/h2-5,8-11,13,20-22H,1H3/t8-,9+,10-,11+,13+/m0/s1. The van der Waals surface area contributed by atoms with Crippen LogP contribution < -0.4 is 0 Å². The number of alkyl halides is 3. The molecule has 0 saturated carbocycles. The van der Waals surface area contributed by atoms with E-state index in [0.717, 1.165) is 10.9 Å². The second-order valence-corrected chi connectivity index (χ2v) is 5.55. The van der Waals surface area contributed by atoms with Crippen LogP contribution in [-0.4, -0.2) is 55.5 Å². The van der Waals surface area contributed by atoms with Crippen LogP contribution in [0.25, 0.3) is 11.0 Å². The van der Waals surface area contributed by atoms with Crippen LogP contribution in [0.4, 0.5) is 13.2 Å². The number of nitrogens with zero attached hydrogens (tertiary/aromatic N) is 2. The maximum Gasteiger partial charge on any atom is 0.417 e. The van der Waals surface area contributed by atoms with E-state index in [0.29, 0.717) is 5.65 Å². The summed E-state index contributed by atoms with van der Waals surface area (Å²) < 4.78 is 44.4.